The smallest absolute Gasteiger partial charge is 0.257 e. The maximum absolute atomic E-state index is 12.8. The van der Waals surface area contributed by atoms with Crippen molar-refractivity contribution >= 4 is 11.6 Å². The second-order valence-electron chi connectivity index (χ2n) is 6.99. The molecular weight excluding hydrogens is 346 g/mol. The number of hydrogen-bond donors (Lipinski definition) is 2. The van der Waals surface area contributed by atoms with E-state index in [4.69, 9.17) is 5.11 Å². The van der Waals surface area contributed by atoms with Crippen molar-refractivity contribution in [2.75, 3.05) is 6.61 Å². The third-order valence-electron chi connectivity index (χ3n) is 5.11. The number of aromatic nitrogens is 6. The van der Waals surface area contributed by atoms with Crippen molar-refractivity contribution in [2.45, 2.75) is 51.1 Å². The zero-order valence-electron chi connectivity index (χ0n) is 15.2. The molecule has 0 unspecified atom stereocenters. The van der Waals surface area contributed by atoms with Gasteiger partial charge in [0.1, 0.15) is 11.9 Å². The second-order valence-corrected chi connectivity index (χ2v) is 6.99. The highest BCUT2D eigenvalue weighted by atomic mass is 16.3. The molecule has 1 aliphatic rings. The van der Waals surface area contributed by atoms with E-state index in [1.165, 1.54) is 19.0 Å². The summed E-state index contributed by atoms with van der Waals surface area (Å²) in [6, 6.07) is 0.141. The zero-order chi connectivity index (χ0) is 18.8. The van der Waals surface area contributed by atoms with Crippen LogP contribution in [0.4, 0.5) is 0 Å². The lowest BCUT2D eigenvalue weighted by Crippen LogP contribution is -2.29. The van der Waals surface area contributed by atoms with E-state index in [1.54, 1.807) is 23.2 Å². The normalized spacial score (nSPS) is 16.1. The van der Waals surface area contributed by atoms with Crippen LogP contribution < -0.4 is 5.32 Å². The third-order valence-corrected chi connectivity index (χ3v) is 5.11. The van der Waals surface area contributed by atoms with Crippen LogP contribution in [0.5, 0.6) is 0 Å². The number of aliphatic hydroxyl groups excluding tert-OH is 1. The molecule has 1 aliphatic carbocycles. The molecule has 0 aromatic carbocycles. The van der Waals surface area contributed by atoms with E-state index in [2.05, 4.69) is 30.2 Å². The molecule has 4 rings (SSSR count). The number of carbonyl (C=O) groups excluding carboxylic acids is 1. The number of fused-ring (bicyclic) bond motifs is 1. The van der Waals surface area contributed by atoms with Crippen LogP contribution in [0.15, 0.2) is 24.9 Å². The Hall–Kier alpha value is -2.81. The van der Waals surface area contributed by atoms with Gasteiger partial charge in [-0.05, 0) is 31.7 Å². The Kier molecular flexibility index (Phi) is 4.85. The minimum Gasteiger partial charge on any atom is -0.396 e. The van der Waals surface area contributed by atoms with Gasteiger partial charge in [-0.1, -0.05) is 12.8 Å². The predicted molar refractivity (Wildman–Crippen MR) is 97.2 cm³/mol. The molecule has 9 heteroatoms. The van der Waals surface area contributed by atoms with Gasteiger partial charge in [-0.15, -0.1) is 10.2 Å². The van der Waals surface area contributed by atoms with Crippen LogP contribution in [-0.4, -0.2) is 47.0 Å². The first-order valence-corrected chi connectivity index (χ1v) is 9.30. The molecule has 3 aromatic rings. The van der Waals surface area contributed by atoms with Crippen LogP contribution in [0, 0.1) is 0 Å². The first kappa shape index (κ1) is 17.6. The number of nitrogens with zero attached hydrogens (tertiary/aromatic N) is 6. The molecule has 0 aliphatic heterocycles. The highest BCUT2D eigenvalue weighted by Crippen LogP contribution is 2.31. The largest absolute Gasteiger partial charge is 0.396 e. The molecule has 3 aromatic heterocycles. The van der Waals surface area contributed by atoms with Gasteiger partial charge in [-0.2, -0.15) is 5.10 Å². The lowest BCUT2D eigenvalue weighted by molar-refractivity contribution is 0.0938. The fourth-order valence-electron chi connectivity index (χ4n) is 3.70. The maximum atomic E-state index is 12.8. The molecule has 3 heterocycles. The third kappa shape index (κ3) is 3.42. The Labute approximate surface area is 156 Å². The van der Waals surface area contributed by atoms with Crippen molar-refractivity contribution < 1.29 is 9.90 Å². The lowest BCUT2D eigenvalue weighted by Gasteiger charge is -2.18. The maximum Gasteiger partial charge on any atom is 0.257 e. The van der Waals surface area contributed by atoms with Gasteiger partial charge in [0.2, 0.25) is 0 Å². The van der Waals surface area contributed by atoms with Gasteiger partial charge in [0.15, 0.2) is 11.5 Å². The molecular formula is C18H23N7O2. The van der Waals surface area contributed by atoms with E-state index in [9.17, 15) is 4.79 Å². The number of nitrogens with one attached hydrogen (secondary N) is 1. The summed E-state index contributed by atoms with van der Waals surface area (Å²) in [5.41, 5.74) is 1.75. The van der Waals surface area contributed by atoms with Gasteiger partial charge in [0, 0.05) is 25.0 Å². The van der Waals surface area contributed by atoms with Gasteiger partial charge in [0.25, 0.3) is 5.91 Å². The summed E-state index contributed by atoms with van der Waals surface area (Å²) >= 11 is 0. The highest BCUT2D eigenvalue weighted by Gasteiger charge is 2.24. The predicted octanol–water partition coefficient (Wildman–Crippen LogP) is 1.46. The summed E-state index contributed by atoms with van der Waals surface area (Å²) in [6.45, 7) is 1.95. The molecule has 9 nitrogen and oxygen atoms in total. The zero-order valence-corrected chi connectivity index (χ0v) is 15.2. The molecule has 0 saturated heterocycles. The van der Waals surface area contributed by atoms with Crippen molar-refractivity contribution in [3.05, 3.63) is 41.9 Å². The van der Waals surface area contributed by atoms with E-state index in [1.807, 2.05) is 6.92 Å². The molecule has 0 bridgehead atoms. The molecule has 1 saturated carbocycles. The summed E-state index contributed by atoms with van der Waals surface area (Å²) < 4.78 is 3.65. The Balaban J connectivity index is 1.52. The summed E-state index contributed by atoms with van der Waals surface area (Å²) in [7, 11) is 0. The van der Waals surface area contributed by atoms with Crippen LogP contribution in [0.3, 0.4) is 0 Å². The lowest BCUT2D eigenvalue weighted by atomic mass is 10.2. The van der Waals surface area contributed by atoms with Gasteiger partial charge >= 0.3 is 0 Å². The van der Waals surface area contributed by atoms with E-state index in [0.717, 1.165) is 24.2 Å². The minimum absolute atomic E-state index is 0.0426. The molecule has 1 fully saturated rings. The Morgan fingerprint density at radius 2 is 2.19 bits per heavy atom. The van der Waals surface area contributed by atoms with Crippen LogP contribution in [0.1, 0.15) is 66.4 Å². The fraction of sp³-hybridized carbons (Fsp3) is 0.500. The van der Waals surface area contributed by atoms with E-state index >= 15 is 0 Å². The van der Waals surface area contributed by atoms with Gasteiger partial charge in [-0.25, -0.2) is 9.50 Å². The molecule has 0 radical (unpaired) electrons. The Bertz CT molecular complexity index is 942. The minimum atomic E-state index is -0.274. The topological polar surface area (TPSA) is 110 Å². The Morgan fingerprint density at radius 1 is 1.37 bits per heavy atom. The van der Waals surface area contributed by atoms with Gasteiger partial charge in [0.05, 0.1) is 12.2 Å². The number of aliphatic hydroxyl groups is 1. The summed E-state index contributed by atoms with van der Waals surface area (Å²) in [5, 5.41) is 24.5. The number of rotatable bonds is 6. The number of hydrogen-bond acceptors (Lipinski definition) is 6. The Morgan fingerprint density at radius 3 is 2.96 bits per heavy atom. The average molecular weight is 369 g/mol. The molecule has 0 spiro atoms. The van der Waals surface area contributed by atoms with E-state index < -0.39 is 0 Å². The highest BCUT2D eigenvalue weighted by molar-refractivity contribution is 5.99. The van der Waals surface area contributed by atoms with Gasteiger partial charge in [-0.3, -0.25) is 4.79 Å². The van der Waals surface area contributed by atoms with Crippen LogP contribution in [0.2, 0.25) is 0 Å². The van der Waals surface area contributed by atoms with Crippen LogP contribution >= 0.6 is 0 Å². The summed E-state index contributed by atoms with van der Waals surface area (Å²) in [6.07, 6.45) is 11.9. The van der Waals surface area contributed by atoms with Crippen molar-refractivity contribution in [1.29, 1.82) is 0 Å². The SMILES string of the molecule is C[C@@H](NC(=O)c1cnn2cc(CCO)cnc12)c1nncn1C1CCCC1. The van der Waals surface area contributed by atoms with E-state index in [-0.39, 0.29) is 18.6 Å². The number of amides is 1. The quantitative estimate of drug-likeness (QED) is 0.681. The molecule has 2 N–H and O–H groups in total. The number of carbonyl (C=O) groups is 1. The van der Waals surface area contributed by atoms with Crippen molar-refractivity contribution in [1.82, 2.24) is 34.7 Å². The average Bonchev–Trinajstić information content (AvgIpc) is 3.40. The van der Waals surface area contributed by atoms with E-state index in [0.29, 0.717) is 23.7 Å². The summed E-state index contributed by atoms with van der Waals surface area (Å²) in [4.78, 5) is 17.1. The molecule has 1 amide bonds. The van der Waals surface area contributed by atoms with Crippen LogP contribution in [-0.2, 0) is 6.42 Å². The molecule has 142 valence electrons. The van der Waals surface area contributed by atoms with Crippen molar-refractivity contribution in [2.24, 2.45) is 0 Å². The molecule has 27 heavy (non-hydrogen) atoms. The summed E-state index contributed by atoms with van der Waals surface area (Å²) in [5.74, 6) is 0.519. The van der Waals surface area contributed by atoms with Gasteiger partial charge < -0.3 is 15.0 Å². The fourth-order valence-corrected chi connectivity index (χ4v) is 3.70. The first-order valence-electron chi connectivity index (χ1n) is 9.30. The second kappa shape index (κ2) is 7.43. The first-order chi connectivity index (χ1) is 13.2. The van der Waals surface area contributed by atoms with Crippen LogP contribution in [0.25, 0.3) is 5.65 Å². The standard InChI is InChI=1S/C18H23N7O2/c1-12(16-23-20-11-24(16)14-4-2-3-5-14)22-18(27)15-9-21-25-10-13(6-7-26)8-19-17(15)25/h8-12,14,26H,2-7H2,1H3,(H,22,27)/t12-/m1/s1. The van der Waals surface area contributed by atoms with Crippen molar-refractivity contribution in [3.63, 3.8) is 0 Å². The monoisotopic (exact) mass is 369 g/mol. The van der Waals surface area contributed by atoms with Crippen molar-refractivity contribution in [3.8, 4) is 0 Å². The molecule has 1 atom stereocenters.